The number of fused-ring (bicyclic) bond motifs is 15. The molecule has 0 saturated carbocycles. The summed E-state index contributed by atoms with van der Waals surface area (Å²) in [5.74, 6) is 3.04. The van der Waals surface area contributed by atoms with E-state index in [0.717, 1.165) is 65.1 Å². The minimum Gasteiger partial charge on any atom is -0.378 e. The zero-order chi connectivity index (χ0) is 82.2. The molecule has 10 aliphatic rings. The Morgan fingerprint density at radius 2 is 0.636 bits per heavy atom. The summed E-state index contributed by atoms with van der Waals surface area (Å²) < 4.78 is 31.4. The summed E-state index contributed by atoms with van der Waals surface area (Å²) in [7, 11) is 0. The van der Waals surface area contributed by atoms with Gasteiger partial charge < -0.3 is 50.3 Å². The van der Waals surface area contributed by atoms with E-state index in [-0.39, 0.29) is 64.3 Å². The zero-order valence-corrected chi connectivity index (χ0v) is 74.3. The highest BCUT2D eigenvalue weighted by molar-refractivity contribution is 7.08. The molecule has 4 aromatic heterocycles. The second kappa shape index (κ2) is 35.5. The monoisotopic (exact) mass is 1620 g/mol. The summed E-state index contributed by atoms with van der Waals surface area (Å²) in [6.45, 7) is 38.4. The van der Waals surface area contributed by atoms with Crippen molar-refractivity contribution in [2.45, 2.75) is 256 Å². The SMILES string of the molecule is CC(C)(C)c1ccc2c(c1)C1OCCCC1C(c1cccnc1)N2.CC(C)(C)c1ccc2c(c1)C1OCCCC1C(c1ccsc1)N2.CC(C)(C)c1ccc2c(c1)[C@@H]1OCCC[C@@H]1[C@@H](c1ccsc1)N2.CC(C)(C)c1ccc2c(c1)[C@H]1OCCC[C@H]1[C@H](c1cccnc1)N2.Cc1ccccc1[C@@H]1Nc2ccc(C(C)C)cc2[C@H]2OCCC[C@H]21. The molecule has 5 fully saturated rings. The fourth-order valence-electron chi connectivity index (χ4n) is 20.2. The molecule has 622 valence electrons. The van der Waals surface area contributed by atoms with Gasteiger partial charge in [0.15, 0.2) is 0 Å². The number of thiophene rings is 2. The molecule has 20 rings (SSSR count). The van der Waals surface area contributed by atoms with Crippen molar-refractivity contribution in [2.24, 2.45) is 29.6 Å². The molecule has 14 heteroatoms. The number of ether oxygens (including phenoxy) is 5. The normalized spacial score (nSPS) is 26.4. The molecule has 0 amide bonds. The minimum absolute atomic E-state index is 0.152. The topological polar surface area (TPSA) is 132 Å². The van der Waals surface area contributed by atoms with Gasteiger partial charge in [0, 0.05) is 144 Å². The largest absolute Gasteiger partial charge is 0.378 e. The summed E-state index contributed by atoms with van der Waals surface area (Å²) in [5, 5.41) is 27.9. The summed E-state index contributed by atoms with van der Waals surface area (Å²) >= 11 is 3.56. The number of rotatable bonds is 6. The van der Waals surface area contributed by atoms with Crippen LogP contribution in [0.15, 0.2) is 198 Å². The van der Waals surface area contributed by atoms with Gasteiger partial charge in [-0.05, 0) is 236 Å². The van der Waals surface area contributed by atoms with E-state index in [9.17, 15) is 0 Å². The predicted octanol–water partition coefficient (Wildman–Crippen LogP) is 27.1. The number of benzene rings is 6. The van der Waals surface area contributed by atoms with Gasteiger partial charge in [0.1, 0.15) is 0 Å². The standard InChI is InChI=1S/C22H27NO.2C21H26N2O.2C20H25NOS/c1-14(2)16-10-11-20-19(13-16)22-18(9-6-12-24-22)21(23-20)17-8-5-4-7-15(17)3;2*1-21(2,3)15-8-9-18-17(12-15)20-16(7-5-11-24-20)19(23-18)14-6-4-10-22-13-14;2*1-20(2,3)14-6-7-17-16(11-14)19-15(5-4-9-22-19)18(21-17)13-8-10-23-12-13/h4-5,7-8,10-11,13-14,18,21-23H,6,9,12H2,1-3H3;2*4,6,8-10,12-13,16,19-20,23H,5,7,11H2,1-3H3;2*6-8,10-12,15,18-19,21H,4-5,9H2,1-3H3/t18-,21-,22-;16-,19-,20-;;15-,18-,19-;/m00.1./s1. The van der Waals surface area contributed by atoms with Gasteiger partial charge in [-0.1, -0.05) is 194 Å². The Bertz CT molecular complexity index is 4750. The second-order valence-corrected chi connectivity index (χ2v) is 40.9. The van der Waals surface area contributed by atoms with E-state index >= 15 is 0 Å². The number of hydrogen-bond acceptors (Lipinski definition) is 14. The maximum atomic E-state index is 6.29. The third-order valence-electron chi connectivity index (χ3n) is 26.9. The highest BCUT2D eigenvalue weighted by Gasteiger charge is 2.46. The van der Waals surface area contributed by atoms with E-state index in [1.807, 2.05) is 36.9 Å². The molecule has 0 spiro atoms. The summed E-state index contributed by atoms with van der Waals surface area (Å²) in [4.78, 5) is 8.64. The van der Waals surface area contributed by atoms with Crippen LogP contribution >= 0.6 is 22.7 Å². The zero-order valence-electron chi connectivity index (χ0n) is 72.6. The van der Waals surface area contributed by atoms with Crippen LogP contribution in [0.5, 0.6) is 0 Å². The van der Waals surface area contributed by atoms with Crippen LogP contribution in [0, 0.1) is 36.5 Å². The molecule has 10 aliphatic heterocycles. The van der Waals surface area contributed by atoms with E-state index in [0.29, 0.717) is 53.6 Å². The second-order valence-electron chi connectivity index (χ2n) is 39.3. The van der Waals surface area contributed by atoms with Crippen molar-refractivity contribution in [2.75, 3.05) is 59.6 Å². The minimum atomic E-state index is 0.152. The third kappa shape index (κ3) is 18.1. The van der Waals surface area contributed by atoms with Crippen LogP contribution in [-0.2, 0) is 45.3 Å². The molecule has 0 aliphatic carbocycles. The number of aromatic nitrogens is 2. The first-order chi connectivity index (χ1) is 56.8. The average Bonchev–Trinajstić information content (AvgIpc) is 0.924. The van der Waals surface area contributed by atoms with Gasteiger partial charge in [0.05, 0.1) is 60.7 Å². The van der Waals surface area contributed by atoms with Crippen molar-refractivity contribution >= 4 is 51.1 Å². The van der Waals surface area contributed by atoms with Crippen LogP contribution in [0.1, 0.15) is 317 Å². The lowest BCUT2D eigenvalue weighted by molar-refractivity contribution is -0.0383. The predicted molar refractivity (Wildman–Crippen MR) is 488 cm³/mol. The number of aryl methyl sites for hydroxylation is 1. The molecular formula is C104H129N7O5S2. The van der Waals surface area contributed by atoms with Gasteiger partial charge in [0.25, 0.3) is 0 Å². The van der Waals surface area contributed by atoms with E-state index < -0.39 is 0 Å². The van der Waals surface area contributed by atoms with Crippen LogP contribution < -0.4 is 26.6 Å². The number of nitrogens with one attached hydrogen (secondary N) is 5. The van der Waals surface area contributed by atoms with E-state index in [4.69, 9.17) is 23.7 Å². The molecular weight excluding hydrogens is 1490 g/mol. The first-order valence-electron chi connectivity index (χ1n) is 44.3. The lowest BCUT2D eigenvalue weighted by atomic mass is 9.76. The van der Waals surface area contributed by atoms with Crippen LogP contribution in [0.2, 0.25) is 0 Å². The Balaban J connectivity index is 0.000000110. The van der Waals surface area contributed by atoms with Crippen molar-refractivity contribution in [3.8, 4) is 0 Å². The highest BCUT2D eigenvalue weighted by Crippen LogP contribution is 2.56. The Labute approximate surface area is 712 Å². The molecule has 118 heavy (non-hydrogen) atoms. The van der Waals surface area contributed by atoms with Crippen molar-refractivity contribution in [3.05, 3.63) is 287 Å². The van der Waals surface area contributed by atoms with Gasteiger partial charge in [-0.25, -0.2) is 0 Å². The third-order valence-corrected chi connectivity index (χ3v) is 28.3. The van der Waals surface area contributed by atoms with E-state index in [1.54, 1.807) is 22.7 Å². The molecule has 5 saturated heterocycles. The highest BCUT2D eigenvalue weighted by atomic mass is 32.1. The molecule has 15 atom stereocenters. The number of pyridine rings is 2. The van der Waals surface area contributed by atoms with Gasteiger partial charge in [-0.15, -0.1) is 0 Å². The van der Waals surface area contributed by atoms with Crippen LogP contribution in [0.25, 0.3) is 0 Å². The Morgan fingerprint density at radius 3 is 0.932 bits per heavy atom. The van der Waals surface area contributed by atoms with E-state index in [2.05, 4.69) is 301 Å². The molecule has 0 radical (unpaired) electrons. The maximum Gasteiger partial charge on any atom is 0.0895 e. The Kier molecular flexibility index (Phi) is 25.1. The van der Waals surface area contributed by atoms with E-state index in [1.165, 1.54) is 150 Å². The Morgan fingerprint density at radius 1 is 0.331 bits per heavy atom. The smallest absolute Gasteiger partial charge is 0.0895 e. The maximum absolute atomic E-state index is 6.29. The molecule has 10 aromatic rings. The molecule has 5 N–H and O–H groups in total. The van der Waals surface area contributed by atoms with Gasteiger partial charge in [-0.2, -0.15) is 22.7 Å². The number of hydrogen-bond donors (Lipinski definition) is 5. The van der Waals surface area contributed by atoms with Crippen molar-refractivity contribution in [3.63, 3.8) is 0 Å². The number of nitrogens with zero attached hydrogens (tertiary/aromatic N) is 2. The van der Waals surface area contributed by atoms with Crippen LogP contribution in [0.4, 0.5) is 28.4 Å². The van der Waals surface area contributed by atoms with Crippen molar-refractivity contribution < 1.29 is 23.7 Å². The van der Waals surface area contributed by atoms with Gasteiger partial charge in [0.2, 0.25) is 0 Å². The summed E-state index contributed by atoms with van der Waals surface area (Å²) in [6, 6.07) is 57.6. The fourth-order valence-corrected chi connectivity index (χ4v) is 21.6. The first kappa shape index (κ1) is 83.5. The number of anilines is 5. The van der Waals surface area contributed by atoms with Gasteiger partial charge in [-0.3, -0.25) is 9.97 Å². The van der Waals surface area contributed by atoms with Crippen molar-refractivity contribution in [1.29, 1.82) is 0 Å². The molecule has 6 aromatic carbocycles. The Hall–Kier alpha value is -8.18. The molecule has 6 unspecified atom stereocenters. The quantitative estimate of drug-likeness (QED) is 0.109. The summed E-state index contributed by atoms with van der Waals surface area (Å²) in [5.41, 5.74) is 28.5. The van der Waals surface area contributed by atoms with Crippen LogP contribution in [-0.4, -0.2) is 43.0 Å². The lowest BCUT2D eigenvalue weighted by Gasteiger charge is -2.44. The summed E-state index contributed by atoms with van der Waals surface area (Å²) in [6.07, 6.45) is 20.5. The fraction of sp³-hybridized carbons (Fsp3) is 0.481. The average molecular weight is 1620 g/mol. The molecule has 14 heterocycles. The molecule has 0 bridgehead atoms. The molecule has 12 nitrogen and oxygen atoms in total. The first-order valence-corrected chi connectivity index (χ1v) is 46.2. The van der Waals surface area contributed by atoms with Gasteiger partial charge >= 0.3 is 0 Å². The van der Waals surface area contributed by atoms with Crippen molar-refractivity contribution in [1.82, 2.24) is 9.97 Å². The van der Waals surface area contributed by atoms with Crippen LogP contribution in [0.3, 0.4) is 0 Å². The lowest BCUT2D eigenvalue weighted by Crippen LogP contribution is -2.36.